The Bertz CT molecular complexity index is 293. The van der Waals surface area contributed by atoms with Crippen molar-refractivity contribution in [1.29, 1.82) is 0 Å². The van der Waals surface area contributed by atoms with Crippen LogP contribution in [0.2, 0.25) is 0 Å². The zero-order valence-corrected chi connectivity index (χ0v) is 8.53. The number of rotatable bonds is 1. The fraction of sp³-hybridized carbons (Fsp3) is 0.900. The topological polar surface area (TPSA) is 38.8 Å². The molecule has 3 unspecified atom stereocenters. The summed E-state index contributed by atoms with van der Waals surface area (Å²) in [5.74, 6) is -0.188. The lowest BCUT2D eigenvalue weighted by atomic mass is 9.80. The molecular weight excluding hydrogens is 182 g/mol. The van der Waals surface area contributed by atoms with Crippen LogP contribution in [0.1, 0.15) is 26.2 Å². The van der Waals surface area contributed by atoms with E-state index in [2.05, 4.69) is 12.0 Å². The summed E-state index contributed by atoms with van der Waals surface area (Å²) in [5, 5.41) is 2.05. The molecule has 3 saturated heterocycles. The quantitative estimate of drug-likeness (QED) is 0.580. The number of ether oxygens (including phenoxy) is 1. The molecule has 0 aromatic carbocycles. The Balaban J connectivity index is 1.97. The van der Waals surface area contributed by atoms with Crippen LogP contribution in [0.3, 0.4) is 0 Å². The third kappa shape index (κ3) is 0.792. The summed E-state index contributed by atoms with van der Waals surface area (Å²) < 4.78 is 4.86. The lowest BCUT2D eigenvalue weighted by Crippen LogP contribution is -2.49. The summed E-state index contributed by atoms with van der Waals surface area (Å²) in [5.41, 5.74) is -0.0966. The minimum Gasteiger partial charge on any atom is -0.469 e. The van der Waals surface area contributed by atoms with E-state index in [1.165, 1.54) is 7.11 Å². The van der Waals surface area contributed by atoms with E-state index in [0.717, 1.165) is 19.3 Å². The Kier molecular flexibility index (Phi) is 1.55. The van der Waals surface area contributed by atoms with E-state index in [4.69, 9.17) is 9.57 Å². The number of methoxy groups -OCH3 is 1. The van der Waals surface area contributed by atoms with Crippen LogP contribution in [0, 0.1) is 5.92 Å². The van der Waals surface area contributed by atoms with Crippen molar-refractivity contribution >= 4 is 5.97 Å². The molecule has 3 heterocycles. The van der Waals surface area contributed by atoms with Crippen LogP contribution in [0.5, 0.6) is 0 Å². The Morgan fingerprint density at radius 2 is 2.43 bits per heavy atom. The van der Waals surface area contributed by atoms with Gasteiger partial charge in [-0.1, -0.05) is 0 Å². The third-order valence-corrected chi connectivity index (χ3v) is 4.07. The number of hydrogen-bond donors (Lipinski definition) is 0. The van der Waals surface area contributed by atoms with Gasteiger partial charge < -0.3 is 4.74 Å². The first-order valence-corrected chi connectivity index (χ1v) is 5.21. The van der Waals surface area contributed by atoms with E-state index < -0.39 is 0 Å². The summed E-state index contributed by atoms with van der Waals surface area (Å²) >= 11 is 0. The second-order valence-corrected chi connectivity index (χ2v) is 4.76. The lowest BCUT2D eigenvalue weighted by Gasteiger charge is -2.33. The van der Waals surface area contributed by atoms with Gasteiger partial charge in [-0.05, 0) is 26.2 Å². The van der Waals surface area contributed by atoms with Gasteiger partial charge in [-0.3, -0.25) is 9.63 Å². The van der Waals surface area contributed by atoms with E-state index in [1.807, 2.05) is 0 Å². The number of hydrogen-bond acceptors (Lipinski definition) is 4. The highest BCUT2D eigenvalue weighted by Gasteiger charge is 2.66. The van der Waals surface area contributed by atoms with Gasteiger partial charge in [0.25, 0.3) is 0 Å². The van der Waals surface area contributed by atoms with Crippen LogP contribution in [0.25, 0.3) is 0 Å². The summed E-state index contributed by atoms with van der Waals surface area (Å²) in [6, 6.07) is 0.547. The van der Waals surface area contributed by atoms with Gasteiger partial charge in [-0.15, -0.1) is 0 Å². The van der Waals surface area contributed by atoms with Crippen molar-refractivity contribution in [2.45, 2.75) is 43.9 Å². The van der Waals surface area contributed by atoms with E-state index in [0.29, 0.717) is 6.04 Å². The van der Waals surface area contributed by atoms with Crippen LogP contribution in [-0.4, -0.2) is 35.8 Å². The molecule has 3 fully saturated rings. The molecule has 0 saturated carbocycles. The summed E-state index contributed by atoms with van der Waals surface area (Å²) in [7, 11) is 1.46. The zero-order valence-electron chi connectivity index (χ0n) is 8.53. The van der Waals surface area contributed by atoms with E-state index in [9.17, 15) is 4.79 Å². The normalized spacial score (nSPS) is 50.0. The number of carbonyl (C=O) groups is 1. The van der Waals surface area contributed by atoms with E-state index in [-0.39, 0.29) is 23.5 Å². The number of esters is 1. The predicted octanol–water partition coefficient (Wildman–Crippen LogP) is 0.716. The van der Waals surface area contributed by atoms with Gasteiger partial charge in [0.2, 0.25) is 0 Å². The minimum absolute atomic E-state index is 0.0694. The molecule has 3 rings (SSSR count). The Labute approximate surface area is 83.1 Å². The maximum atomic E-state index is 11.7. The third-order valence-electron chi connectivity index (χ3n) is 4.07. The Morgan fingerprint density at radius 1 is 1.64 bits per heavy atom. The van der Waals surface area contributed by atoms with Crippen LogP contribution in [0.4, 0.5) is 0 Å². The number of piperidine rings is 1. The highest BCUT2D eigenvalue weighted by molar-refractivity contribution is 5.75. The molecule has 2 bridgehead atoms. The highest BCUT2D eigenvalue weighted by Crippen LogP contribution is 2.55. The van der Waals surface area contributed by atoms with Crippen LogP contribution >= 0.6 is 0 Å². The lowest BCUT2D eigenvalue weighted by molar-refractivity contribution is -0.150. The molecule has 3 aliphatic rings. The van der Waals surface area contributed by atoms with Gasteiger partial charge in [-0.2, -0.15) is 5.06 Å². The molecule has 0 aromatic rings. The first kappa shape index (κ1) is 8.68. The summed E-state index contributed by atoms with van der Waals surface area (Å²) in [6.07, 6.45) is 3.27. The van der Waals surface area contributed by atoms with E-state index >= 15 is 0 Å². The number of fused-ring (bicyclic) bond motifs is 1. The number of hydroxylamine groups is 2. The number of nitrogens with zero attached hydrogens (tertiary/aromatic N) is 1. The molecule has 0 aliphatic carbocycles. The van der Waals surface area contributed by atoms with Crippen molar-refractivity contribution in [2.75, 3.05) is 7.11 Å². The zero-order chi connectivity index (χ0) is 9.92. The van der Waals surface area contributed by atoms with Gasteiger partial charge in [0.1, 0.15) is 5.92 Å². The van der Waals surface area contributed by atoms with Gasteiger partial charge in [-0.25, -0.2) is 0 Å². The predicted molar refractivity (Wildman–Crippen MR) is 48.3 cm³/mol. The molecule has 14 heavy (non-hydrogen) atoms. The van der Waals surface area contributed by atoms with Crippen molar-refractivity contribution in [3.05, 3.63) is 0 Å². The van der Waals surface area contributed by atoms with Gasteiger partial charge in [0.05, 0.1) is 18.8 Å². The molecule has 0 spiro atoms. The maximum Gasteiger partial charge on any atom is 0.313 e. The smallest absolute Gasteiger partial charge is 0.313 e. The average Bonchev–Trinajstić information content (AvgIpc) is 2.72. The van der Waals surface area contributed by atoms with Gasteiger partial charge >= 0.3 is 5.97 Å². The Morgan fingerprint density at radius 3 is 3.14 bits per heavy atom. The summed E-state index contributed by atoms with van der Waals surface area (Å²) in [4.78, 5) is 17.4. The van der Waals surface area contributed by atoms with Crippen molar-refractivity contribution in [3.8, 4) is 0 Å². The molecule has 0 N–H and O–H groups in total. The number of carbonyl (C=O) groups excluding carboxylic acids is 1. The van der Waals surface area contributed by atoms with Crippen LogP contribution in [-0.2, 0) is 14.4 Å². The first-order chi connectivity index (χ1) is 6.66. The molecule has 0 amide bonds. The molecule has 78 valence electrons. The first-order valence-electron chi connectivity index (χ1n) is 5.21. The van der Waals surface area contributed by atoms with Crippen molar-refractivity contribution in [1.82, 2.24) is 5.06 Å². The molecule has 4 atom stereocenters. The second-order valence-electron chi connectivity index (χ2n) is 4.76. The highest BCUT2D eigenvalue weighted by atomic mass is 16.7. The summed E-state index contributed by atoms with van der Waals surface area (Å²) in [6.45, 7) is 2.12. The fourth-order valence-electron chi connectivity index (χ4n) is 3.40. The van der Waals surface area contributed by atoms with E-state index in [1.54, 1.807) is 0 Å². The molecule has 4 heteroatoms. The standard InChI is InChI=1S/C10H15NO3/c1-10-4-3-6-5-7(14-11(6)10)8(10)9(12)13-2/h6-8H,3-5H2,1-2H3/t6?,7-,8?,10?/m0/s1. The second kappa shape index (κ2) is 2.49. The molecule has 0 aromatic heterocycles. The minimum atomic E-state index is -0.111. The van der Waals surface area contributed by atoms with Crippen LogP contribution < -0.4 is 0 Å². The van der Waals surface area contributed by atoms with Gasteiger partial charge in [0.15, 0.2) is 0 Å². The molecule has 0 radical (unpaired) electrons. The molecule has 4 nitrogen and oxygen atoms in total. The molecule has 3 aliphatic heterocycles. The SMILES string of the molecule is COC(=O)C1[C@@H]2CC3CCC1(C)N3O2. The maximum absolute atomic E-state index is 11.7. The van der Waals surface area contributed by atoms with Crippen molar-refractivity contribution in [3.63, 3.8) is 0 Å². The fourth-order valence-corrected chi connectivity index (χ4v) is 3.40. The molecular formula is C10H15NO3. The van der Waals surface area contributed by atoms with Crippen molar-refractivity contribution < 1.29 is 14.4 Å². The Hall–Kier alpha value is -0.610. The van der Waals surface area contributed by atoms with Crippen molar-refractivity contribution in [2.24, 2.45) is 5.92 Å². The average molecular weight is 197 g/mol. The largest absolute Gasteiger partial charge is 0.469 e. The monoisotopic (exact) mass is 197 g/mol. The van der Waals surface area contributed by atoms with Gasteiger partial charge in [0, 0.05) is 6.04 Å². The van der Waals surface area contributed by atoms with Crippen LogP contribution in [0.15, 0.2) is 0 Å².